The van der Waals surface area contributed by atoms with Gasteiger partial charge in [0.1, 0.15) is 22.7 Å². The molecule has 0 spiro atoms. The highest BCUT2D eigenvalue weighted by molar-refractivity contribution is 7.21. The third kappa shape index (κ3) is 4.35. The van der Waals surface area contributed by atoms with Gasteiger partial charge in [0.05, 0.1) is 12.5 Å². The van der Waals surface area contributed by atoms with E-state index in [4.69, 9.17) is 4.74 Å². The van der Waals surface area contributed by atoms with Crippen LogP contribution in [0.4, 0.5) is 11.5 Å². The average molecular weight is 404 g/mol. The minimum Gasteiger partial charge on any atom is -0.497 e. The Morgan fingerprint density at radius 1 is 1.07 bits per heavy atom. The number of aromatic nitrogens is 2. The first kappa shape index (κ1) is 18.9. The van der Waals surface area contributed by atoms with E-state index in [2.05, 4.69) is 26.7 Å². The number of hydrogen-bond donors (Lipinski definition) is 2. The summed E-state index contributed by atoms with van der Waals surface area (Å²) in [6.45, 7) is 2.16. The van der Waals surface area contributed by atoms with E-state index in [0.29, 0.717) is 6.54 Å². The highest BCUT2D eigenvalue weighted by Gasteiger charge is 2.10. The first-order valence-electron chi connectivity index (χ1n) is 9.12. The number of methoxy groups -OCH3 is 1. The van der Waals surface area contributed by atoms with Crippen molar-refractivity contribution in [3.8, 4) is 16.2 Å². The van der Waals surface area contributed by atoms with E-state index in [-0.39, 0.29) is 5.91 Å². The Bertz CT molecular complexity index is 1140. The Morgan fingerprint density at radius 2 is 1.83 bits per heavy atom. The van der Waals surface area contributed by atoms with Gasteiger partial charge in [0.15, 0.2) is 0 Å². The lowest BCUT2D eigenvalue weighted by Crippen LogP contribution is -2.05. The van der Waals surface area contributed by atoms with E-state index in [9.17, 15) is 4.79 Å². The number of carbonyl (C=O) groups excluding carboxylic acids is 1. The molecule has 0 aliphatic heterocycles. The maximum atomic E-state index is 11.2. The normalized spacial score (nSPS) is 10.7. The third-order valence-electron chi connectivity index (χ3n) is 4.44. The molecule has 1 amide bonds. The lowest BCUT2D eigenvalue weighted by atomic mass is 10.1. The van der Waals surface area contributed by atoms with Gasteiger partial charge in [-0.25, -0.2) is 9.97 Å². The molecule has 0 unspecified atom stereocenters. The molecular weight excluding hydrogens is 384 g/mol. The maximum Gasteiger partial charge on any atom is 0.221 e. The summed E-state index contributed by atoms with van der Waals surface area (Å²) in [7, 11) is 1.66. The summed E-state index contributed by atoms with van der Waals surface area (Å²) < 4.78 is 5.20. The van der Waals surface area contributed by atoms with Gasteiger partial charge < -0.3 is 15.4 Å². The fraction of sp³-hybridized carbons (Fsp3) is 0.136. The highest BCUT2D eigenvalue weighted by Crippen LogP contribution is 2.35. The molecule has 7 heteroatoms. The fourth-order valence-electron chi connectivity index (χ4n) is 2.99. The van der Waals surface area contributed by atoms with Gasteiger partial charge in [-0.2, -0.15) is 0 Å². The fourth-order valence-corrected chi connectivity index (χ4v) is 3.99. The van der Waals surface area contributed by atoms with Crippen molar-refractivity contribution in [1.82, 2.24) is 9.97 Å². The molecule has 0 aliphatic rings. The summed E-state index contributed by atoms with van der Waals surface area (Å²) >= 11 is 1.62. The summed E-state index contributed by atoms with van der Waals surface area (Å²) in [4.78, 5) is 22.0. The molecule has 0 atom stereocenters. The zero-order valence-corrected chi connectivity index (χ0v) is 16.9. The Kier molecular flexibility index (Phi) is 5.39. The summed E-state index contributed by atoms with van der Waals surface area (Å²) in [5.74, 6) is 1.57. The van der Waals surface area contributed by atoms with Gasteiger partial charge >= 0.3 is 0 Å². The van der Waals surface area contributed by atoms with Crippen LogP contribution in [0.1, 0.15) is 12.5 Å². The van der Waals surface area contributed by atoms with Crippen LogP contribution >= 0.6 is 11.3 Å². The number of carbonyl (C=O) groups is 1. The number of amides is 1. The lowest BCUT2D eigenvalue weighted by Gasteiger charge is -2.07. The summed E-state index contributed by atoms with van der Waals surface area (Å²) in [6, 6.07) is 17.8. The highest BCUT2D eigenvalue weighted by atomic mass is 32.1. The summed E-state index contributed by atoms with van der Waals surface area (Å²) in [5, 5.41) is 7.18. The molecule has 2 N–H and O–H groups in total. The smallest absolute Gasteiger partial charge is 0.221 e. The quantitative estimate of drug-likeness (QED) is 0.476. The van der Waals surface area contributed by atoms with Crippen LogP contribution in [0, 0.1) is 0 Å². The van der Waals surface area contributed by atoms with Gasteiger partial charge in [-0.3, -0.25) is 4.79 Å². The minimum absolute atomic E-state index is 0.0811. The van der Waals surface area contributed by atoms with E-state index >= 15 is 0 Å². The molecule has 0 saturated heterocycles. The number of nitrogens with zero attached hydrogens (tertiary/aromatic N) is 2. The number of nitrogens with one attached hydrogen (secondary N) is 2. The molecule has 146 valence electrons. The van der Waals surface area contributed by atoms with Crippen molar-refractivity contribution in [3.63, 3.8) is 0 Å². The zero-order valence-electron chi connectivity index (χ0n) is 16.1. The van der Waals surface area contributed by atoms with Crippen molar-refractivity contribution in [3.05, 3.63) is 66.5 Å². The molecule has 0 fully saturated rings. The number of benzene rings is 2. The second-order valence-corrected chi connectivity index (χ2v) is 7.54. The minimum atomic E-state index is -0.0811. The van der Waals surface area contributed by atoms with Crippen LogP contribution in [0.2, 0.25) is 0 Å². The molecule has 6 nitrogen and oxygen atoms in total. The molecular formula is C22H20N4O2S. The van der Waals surface area contributed by atoms with Gasteiger partial charge in [0, 0.05) is 24.0 Å². The average Bonchev–Trinajstić information content (AvgIpc) is 3.17. The zero-order chi connectivity index (χ0) is 20.2. The van der Waals surface area contributed by atoms with Crippen molar-refractivity contribution in [1.29, 1.82) is 0 Å². The van der Waals surface area contributed by atoms with Crippen LogP contribution < -0.4 is 15.4 Å². The first-order valence-corrected chi connectivity index (χ1v) is 9.93. The van der Waals surface area contributed by atoms with Crippen LogP contribution in [0.25, 0.3) is 20.7 Å². The molecule has 2 heterocycles. The van der Waals surface area contributed by atoms with Crippen LogP contribution in [0.5, 0.6) is 5.75 Å². The predicted molar refractivity (Wildman–Crippen MR) is 117 cm³/mol. The van der Waals surface area contributed by atoms with Crippen molar-refractivity contribution in [2.75, 3.05) is 17.7 Å². The van der Waals surface area contributed by atoms with E-state index in [1.165, 1.54) is 6.92 Å². The van der Waals surface area contributed by atoms with Crippen LogP contribution in [0.3, 0.4) is 0 Å². The van der Waals surface area contributed by atoms with Crippen molar-refractivity contribution < 1.29 is 9.53 Å². The topological polar surface area (TPSA) is 76.1 Å². The molecule has 2 aromatic carbocycles. The number of rotatable bonds is 6. The second-order valence-electron chi connectivity index (χ2n) is 6.51. The molecule has 2 aromatic heterocycles. The first-order chi connectivity index (χ1) is 14.1. The van der Waals surface area contributed by atoms with E-state index < -0.39 is 0 Å². The van der Waals surface area contributed by atoms with Crippen molar-refractivity contribution in [2.24, 2.45) is 0 Å². The molecule has 0 bridgehead atoms. The summed E-state index contributed by atoms with van der Waals surface area (Å²) in [5.41, 5.74) is 2.99. The van der Waals surface area contributed by atoms with Crippen LogP contribution in [-0.2, 0) is 11.3 Å². The Hall–Kier alpha value is -3.45. The molecule has 4 aromatic rings. The van der Waals surface area contributed by atoms with Gasteiger partial charge in [0.25, 0.3) is 0 Å². The van der Waals surface area contributed by atoms with Gasteiger partial charge in [0.2, 0.25) is 5.91 Å². The van der Waals surface area contributed by atoms with E-state index in [0.717, 1.165) is 43.5 Å². The number of anilines is 2. The van der Waals surface area contributed by atoms with Crippen molar-refractivity contribution >= 4 is 39.0 Å². The van der Waals surface area contributed by atoms with Gasteiger partial charge in [-0.1, -0.05) is 24.3 Å². The lowest BCUT2D eigenvalue weighted by molar-refractivity contribution is -0.114. The maximum absolute atomic E-state index is 11.2. The van der Waals surface area contributed by atoms with E-state index in [1.54, 1.807) is 24.8 Å². The number of ether oxygens (including phenoxy) is 1. The molecule has 4 rings (SSSR count). The number of fused-ring (bicyclic) bond motifs is 1. The second kappa shape index (κ2) is 8.28. The monoisotopic (exact) mass is 404 g/mol. The predicted octanol–water partition coefficient (Wildman–Crippen LogP) is 4.94. The van der Waals surface area contributed by atoms with Crippen LogP contribution in [-0.4, -0.2) is 23.0 Å². The number of hydrogen-bond acceptors (Lipinski definition) is 6. The van der Waals surface area contributed by atoms with E-state index in [1.807, 2.05) is 48.5 Å². The molecule has 29 heavy (non-hydrogen) atoms. The molecule has 0 aliphatic carbocycles. The van der Waals surface area contributed by atoms with Crippen molar-refractivity contribution in [2.45, 2.75) is 13.5 Å². The third-order valence-corrected chi connectivity index (χ3v) is 5.53. The van der Waals surface area contributed by atoms with Gasteiger partial charge in [-0.15, -0.1) is 11.3 Å². The van der Waals surface area contributed by atoms with Gasteiger partial charge in [-0.05, 0) is 41.5 Å². The number of thiophene rings is 1. The SMILES string of the molecule is COc1ccc(CNc2ncnc3sc(-c4ccc(NC(C)=O)cc4)cc23)cc1. The Labute approximate surface area is 172 Å². The Balaban J connectivity index is 1.55. The molecule has 0 radical (unpaired) electrons. The Morgan fingerprint density at radius 3 is 2.52 bits per heavy atom. The standard InChI is InChI=1S/C22H20N4O2S/c1-14(27)26-17-7-5-16(6-8-17)20-11-19-21(24-13-25-22(19)29-20)23-12-15-3-9-18(28-2)10-4-15/h3-11,13H,12H2,1-2H3,(H,26,27)(H,23,24,25). The largest absolute Gasteiger partial charge is 0.497 e. The summed E-state index contributed by atoms with van der Waals surface area (Å²) in [6.07, 6.45) is 1.58. The van der Waals surface area contributed by atoms with Crippen LogP contribution in [0.15, 0.2) is 60.9 Å². The molecule has 0 saturated carbocycles.